The lowest BCUT2D eigenvalue weighted by molar-refractivity contribution is 0.106. The van der Waals surface area contributed by atoms with Gasteiger partial charge in [0, 0.05) is 29.9 Å². The minimum absolute atomic E-state index is 0.00538. The van der Waals surface area contributed by atoms with E-state index in [1.54, 1.807) is 6.92 Å². The lowest BCUT2D eigenvalue weighted by Gasteiger charge is -2.18. The number of anilines is 6. The molecule has 27 nitrogen and oxygen atoms in total. The number of aryl methyl sites for hydroxylation is 1. The SMILES string of the molecule is COc1ccc(S(=O)(=O)O)cc1N/N=C1\C(=O)c2ccc(Nc3nc(NCCO)nc(Nc4cc(C)c(N=Nc5cc(S(=O)(=O)O)cc6cc(S(=O)(=O)O)cc(O)c56)cc4OC)n3)cc2C=C1S(=O)(=O)O. The van der Waals surface area contributed by atoms with Crippen LogP contribution in [-0.4, -0.2) is 116 Å². The van der Waals surface area contributed by atoms with Crippen molar-refractivity contribution >= 4 is 115 Å². The highest BCUT2D eigenvalue weighted by Crippen LogP contribution is 2.41. The molecule has 1 heterocycles. The Balaban J connectivity index is 1.19. The topological polar surface area (TPSA) is 417 Å². The summed E-state index contributed by atoms with van der Waals surface area (Å²) in [5.74, 6) is -1.89. The molecule has 6 aromatic rings. The molecule has 10 N–H and O–H groups in total. The summed E-state index contributed by atoms with van der Waals surface area (Å²) in [6.45, 7) is 1.27. The summed E-state index contributed by atoms with van der Waals surface area (Å²) in [6, 6.07) is 13.4. The van der Waals surface area contributed by atoms with Crippen molar-refractivity contribution in [3.05, 3.63) is 94.4 Å². The number of rotatable bonds is 17. The van der Waals surface area contributed by atoms with E-state index in [0.717, 1.165) is 42.5 Å². The van der Waals surface area contributed by atoms with E-state index >= 15 is 0 Å². The van der Waals surface area contributed by atoms with Crippen molar-refractivity contribution in [3.63, 3.8) is 0 Å². The third-order valence-corrected chi connectivity index (χ3v) is 13.3. The molecule has 0 radical (unpaired) electrons. The summed E-state index contributed by atoms with van der Waals surface area (Å²) in [4.78, 5) is 23.8. The van der Waals surface area contributed by atoms with E-state index in [4.69, 9.17) is 9.47 Å². The zero-order valence-electron chi connectivity index (χ0n) is 36.4. The number of phenols is 1. The second kappa shape index (κ2) is 19.6. The molecule has 0 fully saturated rings. The van der Waals surface area contributed by atoms with E-state index in [-0.39, 0.29) is 92.8 Å². The van der Waals surface area contributed by atoms with E-state index in [0.29, 0.717) is 11.6 Å². The number of ether oxygens (including phenoxy) is 2. The predicted octanol–water partition coefficient (Wildman–Crippen LogP) is 5.00. The zero-order valence-corrected chi connectivity index (χ0v) is 39.7. The zero-order chi connectivity index (χ0) is 51.8. The number of hydrazone groups is 1. The number of ketones is 1. The quantitative estimate of drug-likeness (QED) is 0.0326. The molecule has 71 heavy (non-hydrogen) atoms. The van der Waals surface area contributed by atoms with Crippen molar-refractivity contribution in [1.82, 2.24) is 15.0 Å². The molecule has 1 aliphatic rings. The number of aromatic hydroxyl groups is 1. The van der Waals surface area contributed by atoms with Gasteiger partial charge in [0.05, 0.1) is 63.6 Å². The Hall–Kier alpha value is -7.75. The van der Waals surface area contributed by atoms with E-state index in [9.17, 15) is 66.9 Å². The fourth-order valence-corrected chi connectivity index (χ4v) is 8.94. The summed E-state index contributed by atoms with van der Waals surface area (Å²) in [6.07, 6.45) is 0.959. The predicted molar refractivity (Wildman–Crippen MR) is 253 cm³/mol. The molecule has 1 aromatic heterocycles. The maximum atomic E-state index is 13.7. The Kier molecular flexibility index (Phi) is 14.1. The molecule has 5 aromatic carbocycles. The Morgan fingerprint density at radius 1 is 0.648 bits per heavy atom. The van der Waals surface area contributed by atoms with Crippen LogP contribution in [0, 0.1) is 6.92 Å². The number of benzene rings is 5. The number of methoxy groups -OCH3 is 2. The van der Waals surface area contributed by atoms with Crippen LogP contribution >= 0.6 is 0 Å². The molecule has 1 aliphatic carbocycles. The van der Waals surface area contributed by atoms with E-state index in [1.807, 2.05) is 0 Å². The molecule has 0 atom stereocenters. The average Bonchev–Trinajstić information content (AvgIpc) is 3.28. The second-order valence-corrected chi connectivity index (χ2v) is 20.4. The number of carbonyl (C=O) groups is 1. The monoisotopic (exact) mass is 1060 g/mol. The fraction of sp³-hybridized carbons (Fsp3) is 0.125. The number of phenolic OH excluding ortho intramolecular Hbond substituents is 1. The molecule has 0 saturated heterocycles. The molecule has 372 valence electrons. The average molecular weight is 1060 g/mol. The lowest BCUT2D eigenvalue weighted by Crippen LogP contribution is -2.27. The van der Waals surface area contributed by atoms with Crippen LogP contribution in [-0.2, 0) is 40.5 Å². The van der Waals surface area contributed by atoms with Crippen molar-refractivity contribution in [3.8, 4) is 17.2 Å². The summed E-state index contributed by atoms with van der Waals surface area (Å²) in [7, 11) is -17.1. The number of aliphatic hydroxyl groups excluding tert-OH is 1. The van der Waals surface area contributed by atoms with E-state index in [2.05, 4.69) is 51.7 Å². The number of azo groups is 1. The Morgan fingerprint density at radius 3 is 1.89 bits per heavy atom. The third kappa shape index (κ3) is 11.5. The lowest BCUT2D eigenvalue weighted by atomic mass is 9.94. The number of nitrogens with one attached hydrogen (secondary N) is 4. The first-order valence-corrected chi connectivity index (χ1v) is 25.4. The number of nitrogens with zero attached hydrogens (tertiary/aromatic N) is 6. The van der Waals surface area contributed by atoms with Crippen LogP contribution in [0.5, 0.6) is 17.2 Å². The first-order chi connectivity index (χ1) is 33.3. The summed E-state index contributed by atoms with van der Waals surface area (Å²) < 4.78 is 146. The fourth-order valence-electron chi connectivity index (χ4n) is 6.71. The van der Waals surface area contributed by atoms with Gasteiger partial charge in [0.25, 0.3) is 40.5 Å². The number of carbonyl (C=O) groups excluding carboxylic acids is 1. The summed E-state index contributed by atoms with van der Waals surface area (Å²) >= 11 is 0. The molecule has 0 spiro atoms. The highest BCUT2D eigenvalue weighted by molar-refractivity contribution is 7.91. The molecular formula is C40H36N10O17S4. The largest absolute Gasteiger partial charge is 0.507 e. The van der Waals surface area contributed by atoms with Gasteiger partial charge in [0.15, 0.2) is 5.71 Å². The van der Waals surface area contributed by atoms with Gasteiger partial charge in [-0.2, -0.15) is 58.8 Å². The van der Waals surface area contributed by atoms with Gasteiger partial charge in [-0.05, 0) is 90.2 Å². The van der Waals surface area contributed by atoms with Gasteiger partial charge in [0.2, 0.25) is 23.6 Å². The molecule has 0 aliphatic heterocycles. The minimum atomic E-state index is -5.14. The van der Waals surface area contributed by atoms with Crippen LogP contribution in [0.25, 0.3) is 16.8 Å². The highest BCUT2D eigenvalue weighted by Gasteiger charge is 2.33. The smallest absolute Gasteiger partial charge is 0.296 e. The van der Waals surface area contributed by atoms with Crippen LogP contribution in [0.2, 0.25) is 0 Å². The van der Waals surface area contributed by atoms with Gasteiger partial charge in [-0.15, -0.1) is 5.11 Å². The number of hydrogen-bond acceptors (Lipinski definition) is 23. The van der Waals surface area contributed by atoms with Gasteiger partial charge in [0.1, 0.15) is 22.2 Å². The maximum Gasteiger partial charge on any atom is 0.296 e. The van der Waals surface area contributed by atoms with Crippen LogP contribution in [0.15, 0.2) is 108 Å². The maximum absolute atomic E-state index is 13.7. The van der Waals surface area contributed by atoms with Crippen molar-refractivity contribution in [2.75, 3.05) is 48.7 Å². The molecule has 7 rings (SSSR count). The Morgan fingerprint density at radius 2 is 1.27 bits per heavy atom. The molecule has 0 bridgehead atoms. The van der Waals surface area contributed by atoms with Crippen molar-refractivity contribution in [2.24, 2.45) is 15.3 Å². The number of fused-ring (bicyclic) bond motifs is 2. The molecule has 0 unspecified atom stereocenters. The summed E-state index contributed by atoms with van der Waals surface area (Å²) in [5, 5.41) is 40.7. The van der Waals surface area contributed by atoms with Crippen molar-refractivity contribution < 1.29 is 76.4 Å². The van der Waals surface area contributed by atoms with Gasteiger partial charge in [-0.3, -0.25) is 28.4 Å². The molecular weight excluding hydrogens is 1020 g/mol. The molecule has 0 saturated carbocycles. The van der Waals surface area contributed by atoms with Crippen LogP contribution in [0.4, 0.5) is 46.3 Å². The van der Waals surface area contributed by atoms with Crippen LogP contribution in [0.3, 0.4) is 0 Å². The Bertz CT molecular complexity index is 3750. The standard InChI is InChI=1S/C40H36N10O17S4/c1-19-10-28(33(67-3)18-27(19)47-49-30-16-24(69(57,58)59)12-21-13-25(70(60,61)62)17-31(52)35(21)30)43-40-45-38(41-8-9-51)44-39(46-40)42-22-4-6-26-20(11-22)14-34(71(63,64)65)36(37(26)53)50-48-29-15-23(68(54,55)56)5-7-32(29)66-2/h4-7,10-18,48,51-52H,8-9H2,1-3H3,(H,54,55,56)(H,57,58,59)(H,60,61,62)(H,63,64,65)(H3,41,42,43,44,45,46)/b49-47?,50-36-. The number of Topliss-reactive ketones (excluding diaryl/α,β-unsaturated/α-hetero) is 1. The Labute approximate surface area is 402 Å². The number of allylic oxidation sites excluding steroid dienone is 1. The van der Waals surface area contributed by atoms with Gasteiger partial charge < -0.3 is 35.6 Å². The molecule has 31 heteroatoms. The normalized spacial score (nSPS) is 13.8. The van der Waals surface area contributed by atoms with E-state index < -0.39 is 77.3 Å². The van der Waals surface area contributed by atoms with Gasteiger partial charge in [-0.1, -0.05) is 0 Å². The second-order valence-electron chi connectivity index (χ2n) is 14.7. The van der Waals surface area contributed by atoms with E-state index in [1.165, 1.54) is 44.6 Å². The minimum Gasteiger partial charge on any atom is -0.507 e. The number of aromatic nitrogens is 3. The van der Waals surface area contributed by atoms with Gasteiger partial charge in [-0.25, -0.2) is 0 Å². The highest BCUT2D eigenvalue weighted by atomic mass is 32.2. The third-order valence-electron chi connectivity index (χ3n) is 9.93. The number of hydrogen-bond donors (Lipinski definition) is 10. The van der Waals surface area contributed by atoms with Gasteiger partial charge >= 0.3 is 0 Å². The van der Waals surface area contributed by atoms with Crippen molar-refractivity contribution in [2.45, 2.75) is 21.6 Å². The van der Waals surface area contributed by atoms with Crippen molar-refractivity contribution in [1.29, 1.82) is 0 Å². The summed E-state index contributed by atoms with van der Waals surface area (Å²) in [5.41, 5.74) is 1.94. The molecule has 0 amide bonds. The van der Waals surface area contributed by atoms with Crippen LogP contribution in [0.1, 0.15) is 21.5 Å². The first kappa shape index (κ1) is 51.1. The first-order valence-electron chi connectivity index (χ1n) is 19.7. The number of aliphatic hydroxyl groups is 1. The van der Waals surface area contributed by atoms with Crippen LogP contribution < -0.4 is 30.8 Å².